The van der Waals surface area contributed by atoms with Gasteiger partial charge in [0.15, 0.2) is 5.71 Å². The summed E-state index contributed by atoms with van der Waals surface area (Å²) in [5.41, 5.74) is -0.108. The molecule has 6 nitrogen and oxygen atoms in total. The monoisotopic (exact) mass is 209 g/mol. The minimum atomic E-state index is -0.660. The van der Waals surface area contributed by atoms with E-state index in [1.54, 1.807) is 25.4 Å². The van der Waals surface area contributed by atoms with Gasteiger partial charge in [-0.2, -0.15) is 0 Å². The number of hydrogen-bond acceptors (Lipinski definition) is 6. The van der Waals surface area contributed by atoms with Crippen molar-refractivity contribution in [1.29, 1.82) is 0 Å². The van der Waals surface area contributed by atoms with Gasteiger partial charge in [-0.15, -0.1) is 0 Å². The molecular formula is C9H11N3O3. The van der Waals surface area contributed by atoms with Gasteiger partial charge in [0.1, 0.15) is 5.82 Å². The van der Waals surface area contributed by atoms with Crippen LogP contribution in [0.3, 0.4) is 0 Å². The number of hydrogen-bond donors (Lipinski definition) is 1. The Bertz CT molecular complexity index is 351. The van der Waals surface area contributed by atoms with Gasteiger partial charge in [0.25, 0.3) is 0 Å². The lowest BCUT2D eigenvalue weighted by Crippen LogP contribution is -2.21. The SMILES string of the molecule is CCOC(=O)/C(Cc1ncccn1)=N/O. The Morgan fingerprint density at radius 3 is 2.73 bits per heavy atom. The van der Waals surface area contributed by atoms with E-state index in [0.717, 1.165) is 0 Å². The summed E-state index contributed by atoms with van der Waals surface area (Å²) in [6, 6.07) is 1.66. The van der Waals surface area contributed by atoms with Gasteiger partial charge in [-0.05, 0) is 13.0 Å². The largest absolute Gasteiger partial charge is 0.461 e. The van der Waals surface area contributed by atoms with E-state index in [2.05, 4.69) is 19.9 Å². The van der Waals surface area contributed by atoms with E-state index in [-0.39, 0.29) is 18.7 Å². The number of ether oxygens (including phenoxy) is 1. The lowest BCUT2D eigenvalue weighted by molar-refractivity contribution is -0.135. The minimum Gasteiger partial charge on any atom is -0.461 e. The number of carbonyl (C=O) groups excluding carboxylic acids is 1. The lowest BCUT2D eigenvalue weighted by atomic mass is 10.2. The highest BCUT2D eigenvalue weighted by atomic mass is 16.5. The Balaban J connectivity index is 2.67. The third-order valence-corrected chi connectivity index (χ3v) is 1.58. The van der Waals surface area contributed by atoms with Crippen LogP contribution >= 0.6 is 0 Å². The predicted octanol–water partition coefficient (Wildman–Crippen LogP) is 0.412. The Hall–Kier alpha value is -1.98. The van der Waals surface area contributed by atoms with E-state index in [1.807, 2.05) is 0 Å². The maximum absolute atomic E-state index is 11.2. The molecule has 0 saturated heterocycles. The summed E-state index contributed by atoms with van der Waals surface area (Å²) in [7, 11) is 0. The van der Waals surface area contributed by atoms with Gasteiger partial charge in [-0.25, -0.2) is 14.8 Å². The van der Waals surface area contributed by atoms with Gasteiger partial charge < -0.3 is 9.94 Å². The fourth-order valence-electron chi connectivity index (χ4n) is 0.934. The Labute approximate surface area is 86.6 Å². The third-order valence-electron chi connectivity index (χ3n) is 1.58. The number of aromatic nitrogens is 2. The van der Waals surface area contributed by atoms with E-state index in [1.165, 1.54) is 0 Å². The van der Waals surface area contributed by atoms with Crippen molar-refractivity contribution < 1.29 is 14.7 Å². The second-order valence-corrected chi connectivity index (χ2v) is 2.61. The molecule has 1 aromatic rings. The van der Waals surface area contributed by atoms with Crippen LogP contribution in [-0.4, -0.2) is 33.5 Å². The van der Waals surface area contributed by atoms with Gasteiger partial charge >= 0.3 is 5.97 Å². The molecule has 0 aliphatic heterocycles. The summed E-state index contributed by atoms with van der Waals surface area (Å²) in [6.45, 7) is 1.90. The van der Waals surface area contributed by atoms with Gasteiger partial charge in [0.2, 0.25) is 0 Å². The molecule has 0 fully saturated rings. The molecule has 80 valence electrons. The van der Waals surface area contributed by atoms with Crippen molar-refractivity contribution in [3.8, 4) is 0 Å². The van der Waals surface area contributed by atoms with Gasteiger partial charge in [0.05, 0.1) is 13.0 Å². The Morgan fingerprint density at radius 1 is 1.53 bits per heavy atom. The minimum absolute atomic E-state index is 0.0518. The molecule has 1 aromatic heterocycles. The summed E-state index contributed by atoms with van der Waals surface area (Å²) < 4.78 is 4.68. The summed E-state index contributed by atoms with van der Waals surface area (Å²) in [4.78, 5) is 19.0. The number of rotatable bonds is 4. The molecular weight excluding hydrogens is 198 g/mol. The average molecular weight is 209 g/mol. The van der Waals surface area contributed by atoms with E-state index in [9.17, 15) is 4.79 Å². The summed E-state index contributed by atoms with van der Waals surface area (Å²) in [6.07, 6.45) is 3.14. The maximum Gasteiger partial charge on any atom is 0.356 e. The van der Waals surface area contributed by atoms with E-state index in [4.69, 9.17) is 5.21 Å². The molecule has 15 heavy (non-hydrogen) atoms. The van der Waals surface area contributed by atoms with Crippen LogP contribution < -0.4 is 0 Å². The van der Waals surface area contributed by atoms with Gasteiger partial charge in [-0.3, -0.25) is 0 Å². The first-order valence-corrected chi connectivity index (χ1v) is 4.42. The topological polar surface area (TPSA) is 84.7 Å². The van der Waals surface area contributed by atoms with Crippen LogP contribution in [0.5, 0.6) is 0 Å². The van der Waals surface area contributed by atoms with Crippen LogP contribution in [0.2, 0.25) is 0 Å². The maximum atomic E-state index is 11.2. The first kappa shape index (κ1) is 11.1. The van der Waals surface area contributed by atoms with E-state index < -0.39 is 5.97 Å². The molecule has 0 radical (unpaired) electrons. The zero-order chi connectivity index (χ0) is 11.1. The molecule has 0 aliphatic rings. The van der Waals surface area contributed by atoms with Crippen molar-refractivity contribution in [2.75, 3.05) is 6.61 Å². The average Bonchev–Trinajstić information content (AvgIpc) is 2.27. The van der Waals surface area contributed by atoms with E-state index >= 15 is 0 Å². The number of esters is 1. The summed E-state index contributed by atoms with van der Waals surface area (Å²) in [5.74, 6) is -0.259. The fourth-order valence-corrected chi connectivity index (χ4v) is 0.934. The molecule has 0 bridgehead atoms. The van der Waals surface area contributed by atoms with Crippen LogP contribution in [-0.2, 0) is 16.0 Å². The van der Waals surface area contributed by atoms with Crippen molar-refractivity contribution in [3.05, 3.63) is 24.3 Å². The first-order valence-electron chi connectivity index (χ1n) is 4.42. The van der Waals surface area contributed by atoms with Crippen LogP contribution in [0.4, 0.5) is 0 Å². The highest BCUT2D eigenvalue weighted by Crippen LogP contribution is 1.95. The first-order chi connectivity index (χ1) is 7.27. The van der Waals surface area contributed by atoms with Gasteiger partial charge in [-0.1, -0.05) is 5.16 Å². The standard InChI is InChI=1S/C9H11N3O3/c1-2-15-9(13)7(12-14)6-8-10-4-3-5-11-8/h3-5,14H,2,6H2,1H3/b12-7+. The Kier molecular flexibility index (Phi) is 4.21. The zero-order valence-corrected chi connectivity index (χ0v) is 8.25. The highest BCUT2D eigenvalue weighted by Gasteiger charge is 2.15. The highest BCUT2D eigenvalue weighted by molar-refractivity contribution is 6.36. The van der Waals surface area contributed by atoms with Crippen LogP contribution in [0.1, 0.15) is 12.7 Å². The molecule has 0 saturated carbocycles. The second-order valence-electron chi connectivity index (χ2n) is 2.61. The van der Waals surface area contributed by atoms with Crippen LogP contribution in [0.25, 0.3) is 0 Å². The quantitative estimate of drug-likeness (QED) is 0.336. The molecule has 0 aliphatic carbocycles. The Morgan fingerprint density at radius 2 is 2.20 bits per heavy atom. The van der Waals surface area contributed by atoms with Gasteiger partial charge in [0, 0.05) is 12.4 Å². The van der Waals surface area contributed by atoms with Crippen LogP contribution in [0.15, 0.2) is 23.6 Å². The van der Waals surface area contributed by atoms with E-state index in [0.29, 0.717) is 5.82 Å². The molecule has 0 spiro atoms. The lowest BCUT2D eigenvalue weighted by Gasteiger charge is -2.02. The van der Waals surface area contributed by atoms with Crippen molar-refractivity contribution in [1.82, 2.24) is 9.97 Å². The summed E-state index contributed by atoms with van der Waals surface area (Å²) in [5, 5.41) is 11.5. The molecule has 6 heteroatoms. The number of nitrogens with zero attached hydrogens (tertiary/aromatic N) is 3. The number of oxime groups is 1. The fraction of sp³-hybridized carbons (Fsp3) is 0.333. The summed E-state index contributed by atoms with van der Waals surface area (Å²) >= 11 is 0. The number of carbonyl (C=O) groups is 1. The van der Waals surface area contributed by atoms with Crippen molar-refractivity contribution in [3.63, 3.8) is 0 Å². The molecule has 0 atom stereocenters. The molecule has 1 heterocycles. The second kappa shape index (κ2) is 5.69. The van der Waals surface area contributed by atoms with Crippen molar-refractivity contribution in [2.24, 2.45) is 5.16 Å². The predicted molar refractivity (Wildman–Crippen MR) is 51.6 cm³/mol. The van der Waals surface area contributed by atoms with Crippen molar-refractivity contribution >= 4 is 11.7 Å². The zero-order valence-electron chi connectivity index (χ0n) is 8.25. The molecule has 1 N–H and O–H groups in total. The smallest absolute Gasteiger partial charge is 0.356 e. The van der Waals surface area contributed by atoms with Crippen LogP contribution in [0, 0.1) is 0 Å². The molecule has 0 unspecified atom stereocenters. The molecule has 0 amide bonds. The van der Waals surface area contributed by atoms with Crippen molar-refractivity contribution in [2.45, 2.75) is 13.3 Å². The third kappa shape index (κ3) is 3.34. The normalized spacial score (nSPS) is 11.1. The molecule has 0 aromatic carbocycles. The molecule has 1 rings (SSSR count).